The molecule has 5 heteroatoms. The Morgan fingerprint density at radius 1 is 1.20 bits per heavy atom. The average molecular weight is 357 g/mol. The predicted octanol–water partition coefficient (Wildman–Crippen LogP) is 4.35. The minimum atomic E-state index is -0.0959. The molecule has 1 unspecified atom stereocenters. The molecule has 0 radical (unpaired) electrons. The minimum absolute atomic E-state index is 0.0857. The minimum Gasteiger partial charge on any atom is -0.486 e. The molecule has 1 aliphatic heterocycles. The first-order valence-corrected chi connectivity index (χ1v) is 9.35. The lowest BCUT2D eigenvalue weighted by molar-refractivity contribution is -0.117. The van der Waals surface area contributed by atoms with Crippen LogP contribution in [0.15, 0.2) is 35.7 Å². The molecule has 0 saturated heterocycles. The number of amides is 1. The van der Waals surface area contributed by atoms with E-state index in [9.17, 15) is 4.79 Å². The summed E-state index contributed by atoms with van der Waals surface area (Å²) in [4.78, 5) is 13.5. The second-order valence-corrected chi connectivity index (χ2v) is 7.38. The Kier molecular flexibility index (Phi) is 5.43. The van der Waals surface area contributed by atoms with Crippen molar-refractivity contribution in [3.05, 3.63) is 51.7 Å². The van der Waals surface area contributed by atoms with Crippen molar-refractivity contribution in [1.29, 1.82) is 0 Å². The first kappa shape index (κ1) is 17.5. The van der Waals surface area contributed by atoms with Crippen LogP contribution in [0, 0.1) is 12.8 Å². The normalized spacial score (nSPS) is 14.7. The van der Waals surface area contributed by atoms with Gasteiger partial charge in [-0.15, -0.1) is 11.3 Å². The van der Waals surface area contributed by atoms with Crippen LogP contribution >= 0.6 is 11.3 Å². The maximum atomic E-state index is 12.4. The molecule has 1 aliphatic rings. The van der Waals surface area contributed by atoms with E-state index in [1.165, 1.54) is 5.56 Å². The SMILES string of the molecule is Cc1ccsc1/C=C/C(=O)NC(c1ccc2c(c1)OCCO2)C(C)C. The smallest absolute Gasteiger partial charge is 0.244 e. The van der Waals surface area contributed by atoms with E-state index in [2.05, 4.69) is 19.2 Å². The quantitative estimate of drug-likeness (QED) is 0.809. The van der Waals surface area contributed by atoms with E-state index in [1.807, 2.05) is 42.6 Å². The number of thiophene rings is 1. The van der Waals surface area contributed by atoms with Crippen molar-refractivity contribution in [3.8, 4) is 11.5 Å². The average Bonchev–Trinajstić information content (AvgIpc) is 3.02. The Balaban J connectivity index is 1.74. The largest absolute Gasteiger partial charge is 0.486 e. The van der Waals surface area contributed by atoms with Crippen molar-refractivity contribution in [2.24, 2.45) is 5.92 Å². The lowest BCUT2D eigenvalue weighted by Gasteiger charge is -2.25. The maximum absolute atomic E-state index is 12.4. The topological polar surface area (TPSA) is 47.6 Å². The predicted molar refractivity (Wildman–Crippen MR) is 101 cm³/mol. The summed E-state index contributed by atoms with van der Waals surface area (Å²) in [6.07, 6.45) is 3.47. The lowest BCUT2D eigenvalue weighted by atomic mass is 9.95. The molecule has 0 spiro atoms. The van der Waals surface area contributed by atoms with Crippen molar-refractivity contribution in [2.75, 3.05) is 13.2 Å². The van der Waals surface area contributed by atoms with Crippen molar-refractivity contribution in [1.82, 2.24) is 5.32 Å². The van der Waals surface area contributed by atoms with Gasteiger partial charge in [0.25, 0.3) is 0 Å². The van der Waals surface area contributed by atoms with Crippen molar-refractivity contribution >= 4 is 23.3 Å². The Labute approximate surface area is 152 Å². The highest BCUT2D eigenvalue weighted by molar-refractivity contribution is 7.11. The second-order valence-electron chi connectivity index (χ2n) is 6.43. The zero-order chi connectivity index (χ0) is 17.8. The molecule has 1 aromatic carbocycles. The lowest BCUT2D eigenvalue weighted by Crippen LogP contribution is -2.30. The van der Waals surface area contributed by atoms with Crippen LogP contribution in [0.2, 0.25) is 0 Å². The fraction of sp³-hybridized carbons (Fsp3) is 0.350. The highest BCUT2D eigenvalue weighted by atomic mass is 32.1. The number of benzene rings is 1. The molecular weight excluding hydrogens is 334 g/mol. The van der Waals surface area contributed by atoms with Gasteiger partial charge in [-0.3, -0.25) is 4.79 Å². The van der Waals surface area contributed by atoms with Crippen LogP contribution in [0.25, 0.3) is 6.08 Å². The molecule has 1 amide bonds. The summed E-state index contributed by atoms with van der Waals surface area (Å²) >= 11 is 1.63. The van der Waals surface area contributed by atoms with Crippen LogP contribution in [0.1, 0.15) is 35.9 Å². The summed E-state index contributed by atoms with van der Waals surface area (Å²) in [5, 5.41) is 5.13. The molecule has 25 heavy (non-hydrogen) atoms. The summed E-state index contributed by atoms with van der Waals surface area (Å²) in [7, 11) is 0. The number of aryl methyl sites for hydroxylation is 1. The Morgan fingerprint density at radius 2 is 1.96 bits per heavy atom. The number of hydrogen-bond donors (Lipinski definition) is 1. The fourth-order valence-electron chi connectivity index (χ4n) is 2.80. The molecule has 0 fully saturated rings. The van der Waals surface area contributed by atoms with E-state index in [-0.39, 0.29) is 17.9 Å². The number of nitrogens with one attached hydrogen (secondary N) is 1. The number of hydrogen-bond acceptors (Lipinski definition) is 4. The summed E-state index contributed by atoms with van der Waals surface area (Å²) < 4.78 is 11.2. The van der Waals surface area contributed by atoms with E-state index < -0.39 is 0 Å². The number of ether oxygens (including phenoxy) is 2. The van der Waals surface area contributed by atoms with Gasteiger partial charge in [0.2, 0.25) is 5.91 Å². The molecule has 2 heterocycles. The van der Waals surface area contributed by atoms with Gasteiger partial charge in [0.15, 0.2) is 11.5 Å². The summed E-state index contributed by atoms with van der Waals surface area (Å²) in [6, 6.07) is 7.83. The first-order chi connectivity index (χ1) is 12.0. The van der Waals surface area contributed by atoms with Gasteiger partial charge in [-0.05, 0) is 53.6 Å². The van der Waals surface area contributed by atoms with Gasteiger partial charge in [-0.2, -0.15) is 0 Å². The Hall–Kier alpha value is -2.27. The summed E-state index contributed by atoms with van der Waals surface area (Å²) in [5.41, 5.74) is 2.20. The highest BCUT2D eigenvalue weighted by Crippen LogP contribution is 2.34. The third-order valence-electron chi connectivity index (χ3n) is 4.18. The second kappa shape index (κ2) is 7.74. The van der Waals surface area contributed by atoms with Gasteiger partial charge in [0.1, 0.15) is 13.2 Å². The zero-order valence-corrected chi connectivity index (χ0v) is 15.6. The molecule has 4 nitrogen and oxygen atoms in total. The molecule has 0 aliphatic carbocycles. The standard InChI is InChI=1S/C20H23NO3S/c1-13(2)20(15-4-5-16-17(12-15)24-10-9-23-16)21-19(22)7-6-18-14(3)8-11-25-18/h4-8,11-13,20H,9-10H2,1-3H3,(H,21,22)/b7-6+. The maximum Gasteiger partial charge on any atom is 0.244 e. The van der Waals surface area contributed by atoms with E-state index in [4.69, 9.17) is 9.47 Å². The molecule has 0 saturated carbocycles. The Morgan fingerprint density at radius 3 is 2.64 bits per heavy atom. The van der Waals surface area contributed by atoms with E-state index in [1.54, 1.807) is 17.4 Å². The van der Waals surface area contributed by atoms with Gasteiger partial charge in [0, 0.05) is 11.0 Å². The monoisotopic (exact) mass is 357 g/mol. The third-order valence-corrected chi connectivity index (χ3v) is 5.16. The van der Waals surface area contributed by atoms with Gasteiger partial charge in [-0.1, -0.05) is 19.9 Å². The van der Waals surface area contributed by atoms with Crippen molar-refractivity contribution in [3.63, 3.8) is 0 Å². The van der Waals surface area contributed by atoms with Crippen LogP contribution in [-0.2, 0) is 4.79 Å². The molecule has 2 aromatic rings. The molecule has 3 rings (SSSR count). The van der Waals surface area contributed by atoms with Crippen LogP contribution < -0.4 is 14.8 Å². The van der Waals surface area contributed by atoms with Crippen LogP contribution in [0.5, 0.6) is 11.5 Å². The molecule has 1 atom stereocenters. The van der Waals surface area contributed by atoms with Crippen LogP contribution in [0.4, 0.5) is 0 Å². The number of fused-ring (bicyclic) bond motifs is 1. The molecule has 1 N–H and O–H groups in total. The number of rotatable bonds is 5. The molecule has 132 valence electrons. The summed E-state index contributed by atoms with van der Waals surface area (Å²) in [5.74, 6) is 1.66. The van der Waals surface area contributed by atoms with Gasteiger partial charge in [0.05, 0.1) is 6.04 Å². The fourth-order valence-corrected chi connectivity index (χ4v) is 3.62. The molecule has 1 aromatic heterocycles. The highest BCUT2D eigenvalue weighted by Gasteiger charge is 2.20. The third kappa shape index (κ3) is 4.23. The molecule has 0 bridgehead atoms. The number of carbonyl (C=O) groups is 1. The summed E-state index contributed by atoms with van der Waals surface area (Å²) in [6.45, 7) is 7.35. The van der Waals surface area contributed by atoms with E-state index >= 15 is 0 Å². The first-order valence-electron chi connectivity index (χ1n) is 8.47. The van der Waals surface area contributed by atoms with Crippen LogP contribution in [0.3, 0.4) is 0 Å². The Bertz CT molecular complexity index is 779. The van der Waals surface area contributed by atoms with Crippen LogP contribution in [-0.4, -0.2) is 19.1 Å². The van der Waals surface area contributed by atoms with Gasteiger partial charge < -0.3 is 14.8 Å². The van der Waals surface area contributed by atoms with Gasteiger partial charge in [-0.25, -0.2) is 0 Å². The van der Waals surface area contributed by atoms with E-state index in [0.29, 0.717) is 13.2 Å². The molecular formula is C20H23NO3S. The van der Waals surface area contributed by atoms with Crippen molar-refractivity contribution < 1.29 is 14.3 Å². The zero-order valence-electron chi connectivity index (χ0n) is 14.7. The number of carbonyl (C=O) groups excluding carboxylic acids is 1. The van der Waals surface area contributed by atoms with E-state index in [0.717, 1.165) is 21.9 Å². The van der Waals surface area contributed by atoms with Gasteiger partial charge >= 0.3 is 0 Å². The van der Waals surface area contributed by atoms with Crippen molar-refractivity contribution in [2.45, 2.75) is 26.8 Å².